The number of carboxylic acids is 1. The monoisotopic (exact) mass is 283 g/mol. The zero-order valence-corrected chi connectivity index (χ0v) is 12.3. The highest BCUT2D eigenvalue weighted by molar-refractivity contribution is 5.80. The molecule has 0 atom stereocenters. The van der Waals surface area contributed by atoms with Crippen molar-refractivity contribution >= 4 is 11.9 Å². The number of carbonyl (C=O) groups excluding carboxylic acids is 1. The lowest BCUT2D eigenvalue weighted by atomic mass is 10.0. The maximum atomic E-state index is 11.9. The van der Waals surface area contributed by atoms with E-state index in [2.05, 4.69) is 16.8 Å². The summed E-state index contributed by atoms with van der Waals surface area (Å²) >= 11 is 0. The topological polar surface area (TPSA) is 64.1 Å². The van der Waals surface area contributed by atoms with Gasteiger partial charge in [-0.3, -0.25) is 14.5 Å². The highest BCUT2D eigenvalue weighted by Gasteiger charge is 2.28. The van der Waals surface area contributed by atoms with E-state index in [1.165, 1.54) is 0 Å². The lowest BCUT2D eigenvalue weighted by Crippen LogP contribution is -2.52. The molecule has 2 fully saturated rings. The van der Waals surface area contributed by atoms with Gasteiger partial charge in [0.05, 0.1) is 6.42 Å². The van der Waals surface area contributed by atoms with Crippen molar-refractivity contribution in [3.8, 4) is 0 Å². The first-order valence-electron chi connectivity index (χ1n) is 7.48. The smallest absolute Gasteiger partial charge is 0.303 e. The molecule has 0 aromatic carbocycles. The summed E-state index contributed by atoms with van der Waals surface area (Å²) in [4.78, 5) is 29.1. The van der Waals surface area contributed by atoms with Crippen LogP contribution in [-0.2, 0) is 9.59 Å². The molecule has 2 rings (SSSR count). The van der Waals surface area contributed by atoms with Crippen LogP contribution in [0.15, 0.2) is 0 Å². The largest absolute Gasteiger partial charge is 0.481 e. The van der Waals surface area contributed by atoms with Crippen LogP contribution < -0.4 is 0 Å². The minimum Gasteiger partial charge on any atom is -0.481 e. The summed E-state index contributed by atoms with van der Waals surface area (Å²) in [5.74, 6) is -0.907. The van der Waals surface area contributed by atoms with Crippen LogP contribution in [0, 0.1) is 0 Å². The molecule has 0 saturated carbocycles. The first kappa shape index (κ1) is 15.3. The van der Waals surface area contributed by atoms with Crippen LogP contribution >= 0.6 is 0 Å². The number of amides is 1. The minimum absolute atomic E-state index is 0.00997. The number of hydrogen-bond donors (Lipinski definition) is 1. The molecule has 0 unspecified atom stereocenters. The second-order valence-corrected chi connectivity index (χ2v) is 5.84. The number of aliphatic carboxylic acids is 1. The Kier molecular flexibility index (Phi) is 5.37. The van der Waals surface area contributed by atoms with E-state index in [4.69, 9.17) is 5.11 Å². The standard InChI is InChI=1S/C14H25N3O3/c1-15-8-10-16(11-9-15)12-4-6-17(7-5-12)13(18)2-3-14(19)20/h12H,2-11H2,1H3,(H,19,20). The predicted octanol–water partition coefficient (Wildman–Crippen LogP) is 0.0896. The molecule has 0 bridgehead atoms. The van der Waals surface area contributed by atoms with Gasteiger partial charge < -0.3 is 14.9 Å². The van der Waals surface area contributed by atoms with E-state index in [0.717, 1.165) is 52.1 Å². The molecule has 1 amide bonds. The number of piperazine rings is 1. The van der Waals surface area contributed by atoms with Crippen molar-refractivity contribution in [1.29, 1.82) is 0 Å². The van der Waals surface area contributed by atoms with E-state index in [1.807, 2.05) is 4.90 Å². The van der Waals surface area contributed by atoms with Crippen LogP contribution in [0.3, 0.4) is 0 Å². The van der Waals surface area contributed by atoms with E-state index in [9.17, 15) is 9.59 Å². The van der Waals surface area contributed by atoms with Crippen LogP contribution in [0.4, 0.5) is 0 Å². The molecule has 0 aromatic rings. The first-order valence-corrected chi connectivity index (χ1v) is 7.48. The molecule has 0 radical (unpaired) electrons. The first-order chi connectivity index (χ1) is 9.56. The zero-order chi connectivity index (χ0) is 14.5. The third kappa shape index (κ3) is 4.18. The van der Waals surface area contributed by atoms with Gasteiger partial charge in [-0.2, -0.15) is 0 Å². The molecule has 20 heavy (non-hydrogen) atoms. The van der Waals surface area contributed by atoms with Crippen LogP contribution in [0.5, 0.6) is 0 Å². The average Bonchev–Trinajstić information content (AvgIpc) is 2.46. The Labute approximate surface area is 120 Å². The Morgan fingerprint density at radius 3 is 2.15 bits per heavy atom. The molecule has 2 aliphatic rings. The van der Waals surface area contributed by atoms with Gasteiger partial charge in [-0.25, -0.2) is 0 Å². The third-order valence-electron chi connectivity index (χ3n) is 4.42. The fraction of sp³-hybridized carbons (Fsp3) is 0.857. The van der Waals surface area contributed by atoms with E-state index < -0.39 is 5.97 Å². The lowest BCUT2D eigenvalue weighted by molar-refractivity contribution is -0.141. The van der Waals surface area contributed by atoms with Gasteiger partial charge in [-0.1, -0.05) is 0 Å². The lowest BCUT2D eigenvalue weighted by Gasteiger charge is -2.42. The van der Waals surface area contributed by atoms with Crippen molar-refractivity contribution in [3.05, 3.63) is 0 Å². The number of likely N-dealkylation sites (N-methyl/N-ethyl adjacent to an activating group) is 1. The molecule has 6 nitrogen and oxygen atoms in total. The summed E-state index contributed by atoms with van der Waals surface area (Å²) in [6, 6.07) is 0.590. The number of hydrogen-bond acceptors (Lipinski definition) is 4. The second kappa shape index (κ2) is 7.04. The molecular formula is C14H25N3O3. The molecule has 1 N–H and O–H groups in total. The maximum Gasteiger partial charge on any atom is 0.303 e. The van der Waals surface area contributed by atoms with Gasteiger partial charge in [0.1, 0.15) is 0 Å². The zero-order valence-electron chi connectivity index (χ0n) is 12.3. The van der Waals surface area contributed by atoms with Crippen molar-refractivity contribution < 1.29 is 14.7 Å². The molecule has 2 saturated heterocycles. The Morgan fingerprint density at radius 2 is 1.60 bits per heavy atom. The van der Waals surface area contributed by atoms with Crippen LogP contribution in [0.2, 0.25) is 0 Å². The molecule has 0 aromatic heterocycles. The van der Waals surface area contributed by atoms with Crippen molar-refractivity contribution in [2.24, 2.45) is 0 Å². The molecule has 2 aliphatic heterocycles. The third-order valence-corrected chi connectivity index (χ3v) is 4.42. The molecule has 0 spiro atoms. The van der Waals surface area contributed by atoms with E-state index in [0.29, 0.717) is 6.04 Å². The van der Waals surface area contributed by atoms with Gasteiger partial charge in [-0.15, -0.1) is 0 Å². The number of likely N-dealkylation sites (tertiary alicyclic amines) is 1. The Hall–Kier alpha value is -1.14. The predicted molar refractivity (Wildman–Crippen MR) is 75.5 cm³/mol. The fourth-order valence-corrected chi connectivity index (χ4v) is 3.04. The summed E-state index contributed by atoms with van der Waals surface area (Å²) in [6.45, 7) is 6.03. The second-order valence-electron chi connectivity index (χ2n) is 5.84. The van der Waals surface area contributed by atoms with Crippen LogP contribution in [-0.4, -0.2) is 84.0 Å². The SMILES string of the molecule is CN1CCN(C2CCN(C(=O)CCC(=O)O)CC2)CC1. The summed E-state index contributed by atoms with van der Waals surface area (Å²) in [7, 11) is 2.15. The number of nitrogens with zero attached hydrogens (tertiary/aromatic N) is 3. The molecule has 6 heteroatoms. The number of carboxylic acid groups (broad SMARTS) is 1. The number of carbonyl (C=O) groups is 2. The van der Waals surface area contributed by atoms with E-state index in [-0.39, 0.29) is 18.7 Å². The molecular weight excluding hydrogens is 258 g/mol. The summed E-state index contributed by atoms with van der Waals surface area (Å²) in [6.07, 6.45) is 2.11. The quantitative estimate of drug-likeness (QED) is 0.792. The molecule has 2 heterocycles. The summed E-state index contributed by atoms with van der Waals surface area (Å²) in [5.41, 5.74) is 0. The van der Waals surface area contributed by atoms with Crippen molar-refractivity contribution in [3.63, 3.8) is 0 Å². The fourth-order valence-electron chi connectivity index (χ4n) is 3.04. The van der Waals surface area contributed by atoms with Gasteiger partial charge >= 0.3 is 5.97 Å². The maximum absolute atomic E-state index is 11.9. The Morgan fingerprint density at radius 1 is 1.00 bits per heavy atom. The van der Waals surface area contributed by atoms with Gasteiger partial charge in [0, 0.05) is 51.7 Å². The average molecular weight is 283 g/mol. The van der Waals surface area contributed by atoms with Crippen LogP contribution in [0.25, 0.3) is 0 Å². The van der Waals surface area contributed by atoms with Gasteiger partial charge in [0.15, 0.2) is 0 Å². The summed E-state index contributed by atoms with van der Waals surface area (Å²) in [5, 5.41) is 8.61. The van der Waals surface area contributed by atoms with Crippen molar-refractivity contribution in [1.82, 2.24) is 14.7 Å². The number of piperidine rings is 1. The van der Waals surface area contributed by atoms with E-state index >= 15 is 0 Å². The summed E-state index contributed by atoms with van der Waals surface area (Å²) < 4.78 is 0. The van der Waals surface area contributed by atoms with Crippen molar-refractivity contribution in [2.45, 2.75) is 31.7 Å². The Balaban J connectivity index is 1.72. The van der Waals surface area contributed by atoms with Crippen LogP contribution in [0.1, 0.15) is 25.7 Å². The van der Waals surface area contributed by atoms with Gasteiger partial charge in [-0.05, 0) is 19.9 Å². The molecule has 0 aliphatic carbocycles. The number of rotatable bonds is 4. The molecule has 114 valence electrons. The van der Waals surface area contributed by atoms with Gasteiger partial charge in [0.25, 0.3) is 0 Å². The van der Waals surface area contributed by atoms with E-state index in [1.54, 1.807) is 0 Å². The van der Waals surface area contributed by atoms with Crippen molar-refractivity contribution in [2.75, 3.05) is 46.3 Å². The normalized spacial score (nSPS) is 22.9. The minimum atomic E-state index is -0.898. The highest BCUT2D eigenvalue weighted by atomic mass is 16.4. The van der Waals surface area contributed by atoms with Gasteiger partial charge in [0.2, 0.25) is 5.91 Å². The highest BCUT2D eigenvalue weighted by Crippen LogP contribution is 2.18. The Bertz CT molecular complexity index is 346.